The van der Waals surface area contributed by atoms with Crippen molar-refractivity contribution in [3.8, 4) is 0 Å². The Morgan fingerprint density at radius 1 is 1.28 bits per heavy atom. The van der Waals surface area contributed by atoms with Gasteiger partial charge in [-0.25, -0.2) is 4.98 Å². The smallest absolute Gasteiger partial charge is 0.220 e. The minimum absolute atomic E-state index is 0.0489. The number of carbonyl (C=O) groups is 1. The van der Waals surface area contributed by atoms with Crippen molar-refractivity contribution >= 4 is 11.7 Å². The van der Waals surface area contributed by atoms with E-state index < -0.39 is 5.60 Å². The van der Waals surface area contributed by atoms with Gasteiger partial charge < -0.3 is 15.3 Å². The number of nitrogens with zero attached hydrogens (tertiary/aromatic N) is 3. The van der Waals surface area contributed by atoms with Crippen LogP contribution in [0.2, 0.25) is 0 Å². The van der Waals surface area contributed by atoms with Crippen LogP contribution in [0.1, 0.15) is 24.8 Å². The van der Waals surface area contributed by atoms with E-state index in [1.165, 1.54) is 0 Å². The van der Waals surface area contributed by atoms with E-state index in [2.05, 4.69) is 20.2 Å². The second-order valence-electron chi connectivity index (χ2n) is 6.58. The molecule has 2 aromatic rings. The summed E-state index contributed by atoms with van der Waals surface area (Å²) in [4.78, 5) is 22.6. The van der Waals surface area contributed by atoms with Crippen molar-refractivity contribution in [2.45, 2.75) is 31.3 Å². The van der Waals surface area contributed by atoms with Crippen LogP contribution in [0.25, 0.3) is 0 Å². The first-order valence-corrected chi connectivity index (χ1v) is 8.69. The maximum Gasteiger partial charge on any atom is 0.220 e. The topological polar surface area (TPSA) is 78.3 Å². The van der Waals surface area contributed by atoms with Crippen LogP contribution in [0.3, 0.4) is 0 Å². The average molecular weight is 340 g/mol. The predicted molar refractivity (Wildman–Crippen MR) is 96.2 cm³/mol. The Morgan fingerprint density at radius 3 is 2.96 bits per heavy atom. The van der Waals surface area contributed by atoms with Crippen LogP contribution in [0.4, 0.5) is 5.82 Å². The Balaban J connectivity index is 1.48. The summed E-state index contributed by atoms with van der Waals surface area (Å²) in [5.41, 5.74) is 0.120. The number of anilines is 1. The van der Waals surface area contributed by atoms with Crippen LogP contribution < -0.4 is 10.2 Å². The molecule has 0 bridgehead atoms. The molecule has 0 radical (unpaired) electrons. The molecule has 1 saturated heterocycles. The third kappa shape index (κ3) is 5.00. The molecule has 1 amide bonds. The van der Waals surface area contributed by atoms with E-state index in [0.29, 0.717) is 25.8 Å². The van der Waals surface area contributed by atoms with Gasteiger partial charge in [-0.15, -0.1) is 0 Å². The minimum atomic E-state index is -0.917. The average Bonchev–Trinajstić information content (AvgIpc) is 2.66. The predicted octanol–water partition coefficient (Wildman–Crippen LogP) is 1.56. The number of aryl methyl sites for hydroxylation is 1. The maximum atomic E-state index is 12.1. The van der Waals surface area contributed by atoms with E-state index >= 15 is 0 Å². The van der Waals surface area contributed by atoms with E-state index in [-0.39, 0.29) is 12.5 Å². The molecule has 0 unspecified atom stereocenters. The van der Waals surface area contributed by atoms with Crippen molar-refractivity contribution in [2.75, 3.05) is 24.5 Å². The molecule has 132 valence electrons. The molecule has 1 aliphatic heterocycles. The Hall–Kier alpha value is -2.47. The summed E-state index contributed by atoms with van der Waals surface area (Å²) in [5, 5.41) is 13.7. The highest BCUT2D eigenvalue weighted by Crippen LogP contribution is 2.24. The number of piperidine rings is 1. The van der Waals surface area contributed by atoms with Crippen LogP contribution in [0.5, 0.6) is 0 Å². The molecule has 3 heterocycles. The van der Waals surface area contributed by atoms with Crippen molar-refractivity contribution < 1.29 is 9.90 Å². The van der Waals surface area contributed by atoms with Crippen LogP contribution >= 0.6 is 0 Å². The minimum Gasteiger partial charge on any atom is -0.386 e. The molecule has 25 heavy (non-hydrogen) atoms. The number of carbonyl (C=O) groups excluding carboxylic acids is 1. The number of pyridine rings is 2. The van der Waals surface area contributed by atoms with Crippen LogP contribution in [-0.2, 0) is 11.2 Å². The molecule has 6 nitrogen and oxygen atoms in total. The van der Waals surface area contributed by atoms with E-state index in [1.54, 1.807) is 18.6 Å². The highest BCUT2D eigenvalue weighted by Gasteiger charge is 2.34. The van der Waals surface area contributed by atoms with Crippen molar-refractivity contribution in [1.29, 1.82) is 0 Å². The van der Waals surface area contributed by atoms with Crippen molar-refractivity contribution in [1.82, 2.24) is 15.3 Å². The number of aliphatic hydroxyl groups is 1. The summed E-state index contributed by atoms with van der Waals surface area (Å²) < 4.78 is 0. The SMILES string of the molecule is O=C(CCc1cccnc1)NC[C@@]1(O)CCCN(c2ccccn2)C1. The Labute approximate surface area is 147 Å². The molecule has 2 aromatic heterocycles. The van der Waals surface area contributed by atoms with E-state index in [0.717, 1.165) is 24.3 Å². The zero-order valence-electron chi connectivity index (χ0n) is 14.3. The van der Waals surface area contributed by atoms with Crippen molar-refractivity contribution in [2.24, 2.45) is 0 Å². The lowest BCUT2D eigenvalue weighted by Gasteiger charge is -2.39. The summed E-state index contributed by atoms with van der Waals surface area (Å²) in [6.07, 6.45) is 7.84. The number of hydrogen-bond donors (Lipinski definition) is 2. The van der Waals surface area contributed by atoms with Gasteiger partial charge in [0.1, 0.15) is 5.82 Å². The van der Waals surface area contributed by atoms with Crippen molar-refractivity contribution in [3.63, 3.8) is 0 Å². The van der Waals surface area contributed by atoms with Gasteiger partial charge in [0.15, 0.2) is 0 Å². The van der Waals surface area contributed by atoms with Gasteiger partial charge in [0.25, 0.3) is 0 Å². The Kier molecular flexibility index (Phi) is 5.60. The third-order valence-electron chi connectivity index (χ3n) is 4.51. The van der Waals surface area contributed by atoms with Gasteiger partial charge in [-0.1, -0.05) is 12.1 Å². The summed E-state index contributed by atoms with van der Waals surface area (Å²) in [7, 11) is 0. The first-order valence-electron chi connectivity index (χ1n) is 8.69. The normalized spacial score (nSPS) is 20.3. The Bertz CT molecular complexity index is 680. The van der Waals surface area contributed by atoms with Gasteiger partial charge in [0, 0.05) is 44.6 Å². The number of hydrogen-bond acceptors (Lipinski definition) is 5. The molecule has 0 aromatic carbocycles. The van der Waals surface area contributed by atoms with Gasteiger partial charge in [-0.2, -0.15) is 0 Å². The Morgan fingerprint density at radius 2 is 2.20 bits per heavy atom. The van der Waals surface area contributed by atoms with Crippen molar-refractivity contribution in [3.05, 3.63) is 54.5 Å². The third-order valence-corrected chi connectivity index (χ3v) is 4.51. The number of rotatable bonds is 6. The molecule has 0 saturated carbocycles. The largest absolute Gasteiger partial charge is 0.386 e. The molecule has 1 fully saturated rings. The number of amides is 1. The zero-order valence-corrected chi connectivity index (χ0v) is 14.3. The summed E-state index contributed by atoms with van der Waals surface area (Å²) in [6, 6.07) is 9.58. The maximum absolute atomic E-state index is 12.1. The monoisotopic (exact) mass is 340 g/mol. The fourth-order valence-electron chi connectivity index (χ4n) is 3.15. The van der Waals surface area contributed by atoms with Crippen LogP contribution in [-0.4, -0.2) is 46.2 Å². The molecule has 3 rings (SSSR count). The number of β-amino-alcohol motifs (C(OH)–C–C–N with tert-alkyl or cyclic N) is 1. The van der Waals surface area contributed by atoms with Crippen LogP contribution in [0, 0.1) is 0 Å². The molecule has 1 aliphatic rings. The van der Waals surface area contributed by atoms with Gasteiger partial charge in [0.2, 0.25) is 5.91 Å². The van der Waals surface area contributed by atoms with Gasteiger partial charge in [0.05, 0.1) is 5.60 Å². The van der Waals surface area contributed by atoms with Crippen LogP contribution in [0.15, 0.2) is 48.9 Å². The first kappa shape index (κ1) is 17.4. The fourth-order valence-corrected chi connectivity index (χ4v) is 3.15. The number of aromatic nitrogens is 2. The molecule has 2 N–H and O–H groups in total. The molecule has 1 atom stereocenters. The fraction of sp³-hybridized carbons (Fsp3) is 0.421. The molecular weight excluding hydrogens is 316 g/mol. The summed E-state index contributed by atoms with van der Waals surface area (Å²) in [5.74, 6) is 0.816. The summed E-state index contributed by atoms with van der Waals surface area (Å²) >= 11 is 0. The highest BCUT2D eigenvalue weighted by atomic mass is 16.3. The second-order valence-corrected chi connectivity index (χ2v) is 6.58. The molecular formula is C19H24N4O2. The van der Waals surface area contributed by atoms with Gasteiger partial charge in [-0.3, -0.25) is 9.78 Å². The summed E-state index contributed by atoms with van der Waals surface area (Å²) in [6.45, 7) is 1.61. The zero-order chi connectivity index (χ0) is 17.5. The highest BCUT2D eigenvalue weighted by molar-refractivity contribution is 5.76. The molecule has 6 heteroatoms. The lowest BCUT2D eigenvalue weighted by Crippen LogP contribution is -2.54. The lowest BCUT2D eigenvalue weighted by atomic mass is 9.92. The second kappa shape index (κ2) is 8.07. The first-order chi connectivity index (χ1) is 12.1. The number of nitrogens with one attached hydrogen (secondary N) is 1. The standard InChI is InChI=1S/C19H24N4O2/c24-18(8-7-16-5-3-10-20-13-16)22-14-19(25)9-4-12-23(15-19)17-6-1-2-11-21-17/h1-3,5-6,10-11,13,25H,4,7-9,12,14-15H2,(H,22,24)/t19-/m0/s1. The van der Waals surface area contributed by atoms with E-state index in [9.17, 15) is 9.90 Å². The molecule has 0 spiro atoms. The quantitative estimate of drug-likeness (QED) is 0.834. The van der Waals surface area contributed by atoms with Gasteiger partial charge >= 0.3 is 0 Å². The van der Waals surface area contributed by atoms with E-state index in [1.807, 2.05) is 30.3 Å². The van der Waals surface area contributed by atoms with E-state index in [4.69, 9.17) is 0 Å². The lowest BCUT2D eigenvalue weighted by molar-refractivity contribution is -0.122. The molecule has 0 aliphatic carbocycles. The van der Waals surface area contributed by atoms with Gasteiger partial charge in [-0.05, 0) is 43.0 Å².